The number of thiophene rings is 1. The number of nitrogens with zero attached hydrogens (tertiary/aromatic N) is 2. The van der Waals surface area contributed by atoms with E-state index in [4.69, 9.17) is 0 Å². The molecule has 0 saturated carbocycles. The fourth-order valence-electron chi connectivity index (χ4n) is 1.85. The monoisotopic (exact) mass is 343 g/mol. The van der Waals surface area contributed by atoms with Crippen molar-refractivity contribution in [3.63, 3.8) is 0 Å². The van der Waals surface area contributed by atoms with Crippen LogP contribution in [-0.4, -0.2) is 15.7 Å². The van der Waals surface area contributed by atoms with Crippen molar-refractivity contribution in [1.29, 1.82) is 0 Å². The SMILES string of the molecule is CC(C)n1ccn(CCNCc2cc(Br)cs2)c1=O. The van der Waals surface area contributed by atoms with Crippen LogP contribution < -0.4 is 11.0 Å². The summed E-state index contributed by atoms with van der Waals surface area (Å²) in [5.41, 5.74) is 0.0654. The number of nitrogens with one attached hydrogen (secondary N) is 1. The molecule has 19 heavy (non-hydrogen) atoms. The summed E-state index contributed by atoms with van der Waals surface area (Å²) in [6, 6.07) is 2.32. The average Bonchev–Trinajstić information content (AvgIpc) is 2.92. The predicted molar refractivity (Wildman–Crippen MR) is 82.8 cm³/mol. The van der Waals surface area contributed by atoms with Crippen LogP contribution in [0.1, 0.15) is 24.8 Å². The quantitative estimate of drug-likeness (QED) is 0.819. The molecule has 0 atom stereocenters. The average molecular weight is 344 g/mol. The summed E-state index contributed by atoms with van der Waals surface area (Å²) >= 11 is 5.16. The first kappa shape index (κ1) is 14.6. The number of rotatable bonds is 6. The molecule has 0 bridgehead atoms. The Labute approximate surface area is 125 Å². The van der Waals surface area contributed by atoms with Crippen molar-refractivity contribution in [3.8, 4) is 0 Å². The second-order valence-corrected chi connectivity index (χ2v) is 6.59. The van der Waals surface area contributed by atoms with Crippen LogP contribution in [0.5, 0.6) is 0 Å². The van der Waals surface area contributed by atoms with Gasteiger partial charge in [0.25, 0.3) is 0 Å². The lowest BCUT2D eigenvalue weighted by Crippen LogP contribution is -2.29. The van der Waals surface area contributed by atoms with E-state index in [0.717, 1.165) is 17.6 Å². The third-order valence-electron chi connectivity index (χ3n) is 2.88. The lowest BCUT2D eigenvalue weighted by molar-refractivity contribution is 0.536. The first-order chi connectivity index (χ1) is 9.08. The third-order valence-corrected chi connectivity index (χ3v) is 4.58. The molecule has 2 aromatic heterocycles. The van der Waals surface area contributed by atoms with Crippen molar-refractivity contribution in [2.45, 2.75) is 33.0 Å². The van der Waals surface area contributed by atoms with Gasteiger partial charge >= 0.3 is 5.69 Å². The van der Waals surface area contributed by atoms with Gasteiger partial charge in [-0.2, -0.15) is 0 Å². The molecule has 1 N–H and O–H groups in total. The van der Waals surface area contributed by atoms with Gasteiger partial charge in [0, 0.05) is 52.8 Å². The number of hydrogen-bond donors (Lipinski definition) is 1. The molecule has 0 amide bonds. The first-order valence-electron chi connectivity index (χ1n) is 6.29. The summed E-state index contributed by atoms with van der Waals surface area (Å²) < 4.78 is 4.62. The summed E-state index contributed by atoms with van der Waals surface area (Å²) in [5, 5.41) is 5.42. The molecule has 2 heterocycles. The highest BCUT2D eigenvalue weighted by molar-refractivity contribution is 9.10. The molecule has 0 aliphatic rings. The van der Waals surface area contributed by atoms with Crippen molar-refractivity contribution >= 4 is 27.3 Å². The number of hydrogen-bond acceptors (Lipinski definition) is 3. The van der Waals surface area contributed by atoms with Gasteiger partial charge in [0.1, 0.15) is 0 Å². The lowest BCUT2D eigenvalue weighted by atomic mass is 10.4. The molecule has 0 aliphatic heterocycles. The van der Waals surface area contributed by atoms with E-state index < -0.39 is 0 Å². The molecular formula is C13H18BrN3OS. The van der Waals surface area contributed by atoms with Crippen molar-refractivity contribution in [1.82, 2.24) is 14.5 Å². The largest absolute Gasteiger partial charge is 0.328 e. The highest BCUT2D eigenvalue weighted by Gasteiger charge is 2.05. The van der Waals surface area contributed by atoms with E-state index in [1.54, 1.807) is 20.5 Å². The van der Waals surface area contributed by atoms with E-state index in [1.807, 2.05) is 26.2 Å². The molecule has 4 nitrogen and oxygen atoms in total. The maximum atomic E-state index is 12.0. The molecule has 0 saturated heterocycles. The first-order valence-corrected chi connectivity index (χ1v) is 7.96. The van der Waals surface area contributed by atoms with Crippen LogP contribution in [-0.2, 0) is 13.1 Å². The Balaban J connectivity index is 1.81. The van der Waals surface area contributed by atoms with Crippen LogP contribution in [0.2, 0.25) is 0 Å². The molecule has 0 radical (unpaired) electrons. The van der Waals surface area contributed by atoms with Gasteiger partial charge in [-0.1, -0.05) is 0 Å². The summed E-state index contributed by atoms with van der Waals surface area (Å²) in [6.45, 7) is 6.36. The highest BCUT2D eigenvalue weighted by atomic mass is 79.9. The summed E-state index contributed by atoms with van der Waals surface area (Å²) in [6.07, 6.45) is 3.70. The number of aromatic nitrogens is 2. The van der Waals surface area contributed by atoms with Crippen LogP contribution in [0.4, 0.5) is 0 Å². The van der Waals surface area contributed by atoms with Crippen LogP contribution >= 0.6 is 27.3 Å². The normalized spacial score (nSPS) is 11.4. The van der Waals surface area contributed by atoms with Crippen LogP contribution in [0.25, 0.3) is 0 Å². The Bertz CT molecular complexity index is 585. The minimum atomic E-state index is 0.0654. The van der Waals surface area contributed by atoms with Gasteiger partial charge in [-0.3, -0.25) is 9.13 Å². The van der Waals surface area contributed by atoms with Crippen molar-refractivity contribution in [2.75, 3.05) is 6.54 Å². The topological polar surface area (TPSA) is 39.0 Å². The van der Waals surface area contributed by atoms with E-state index >= 15 is 0 Å². The lowest BCUT2D eigenvalue weighted by Gasteiger charge is -2.05. The van der Waals surface area contributed by atoms with Crippen LogP contribution in [0, 0.1) is 0 Å². The van der Waals surface area contributed by atoms with Crippen molar-refractivity contribution in [2.24, 2.45) is 0 Å². The molecule has 0 fully saturated rings. The fraction of sp³-hybridized carbons (Fsp3) is 0.462. The molecule has 2 aromatic rings. The van der Waals surface area contributed by atoms with Gasteiger partial charge in [0.2, 0.25) is 0 Å². The molecule has 0 unspecified atom stereocenters. The zero-order chi connectivity index (χ0) is 13.8. The van der Waals surface area contributed by atoms with Crippen LogP contribution in [0.15, 0.2) is 33.1 Å². The maximum Gasteiger partial charge on any atom is 0.328 e. The van der Waals surface area contributed by atoms with Gasteiger partial charge < -0.3 is 5.32 Å². The van der Waals surface area contributed by atoms with Gasteiger partial charge in [0.15, 0.2) is 0 Å². The zero-order valence-corrected chi connectivity index (χ0v) is 13.5. The van der Waals surface area contributed by atoms with Crippen molar-refractivity contribution < 1.29 is 0 Å². The Morgan fingerprint density at radius 3 is 2.79 bits per heavy atom. The minimum absolute atomic E-state index is 0.0654. The van der Waals surface area contributed by atoms with E-state index in [0.29, 0.717) is 6.54 Å². The number of imidazole rings is 1. The van der Waals surface area contributed by atoms with E-state index in [1.165, 1.54) is 4.88 Å². The van der Waals surface area contributed by atoms with Gasteiger partial charge in [-0.05, 0) is 35.8 Å². The van der Waals surface area contributed by atoms with Gasteiger partial charge in [-0.15, -0.1) is 11.3 Å². The molecule has 104 valence electrons. The summed E-state index contributed by atoms with van der Waals surface area (Å²) in [7, 11) is 0. The Kier molecular flexibility index (Phi) is 5.01. The van der Waals surface area contributed by atoms with Crippen LogP contribution in [0.3, 0.4) is 0 Å². The third kappa shape index (κ3) is 3.81. The molecule has 0 aliphatic carbocycles. The second kappa shape index (κ2) is 6.54. The van der Waals surface area contributed by atoms with E-state index in [9.17, 15) is 4.79 Å². The minimum Gasteiger partial charge on any atom is -0.310 e. The predicted octanol–water partition coefficient (Wildman–Crippen LogP) is 2.84. The van der Waals surface area contributed by atoms with Gasteiger partial charge in [0.05, 0.1) is 0 Å². The highest BCUT2D eigenvalue weighted by Crippen LogP contribution is 2.19. The summed E-state index contributed by atoms with van der Waals surface area (Å²) in [4.78, 5) is 13.3. The Morgan fingerprint density at radius 2 is 2.21 bits per heavy atom. The molecule has 6 heteroatoms. The van der Waals surface area contributed by atoms with Gasteiger partial charge in [-0.25, -0.2) is 4.79 Å². The second-order valence-electron chi connectivity index (χ2n) is 4.68. The Hall–Kier alpha value is -0.850. The van der Waals surface area contributed by atoms with E-state index in [2.05, 4.69) is 32.7 Å². The molecule has 0 spiro atoms. The van der Waals surface area contributed by atoms with E-state index in [-0.39, 0.29) is 11.7 Å². The zero-order valence-electron chi connectivity index (χ0n) is 11.1. The smallest absolute Gasteiger partial charge is 0.310 e. The molecule has 2 rings (SSSR count). The standard InChI is InChI=1S/C13H18BrN3OS/c1-10(2)17-6-5-16(13(17)18)4-3-15-8-12-7-11(14)9-19-12/h5-7,9-10,15H,3-4,8H2,1-2H3. The van der Waals surface area contributed by atoms with Crippen molar-refractivity contribution in [3.05, 3.63) is 43.7 Å². The Morgan fingerprint density at radius 1 is 1.42 bits per heavy atom. The number of halogens is 1. The fourth-order valence-corrected chi connectivity index (χ4v) is 3.27. The molecular weight excluding hydrogens is 326 g/mol. The summed E-state index contributed by atoms with van der Waals surface area (Å²) in [5.74, 6) is 0. The molecule has 0 aromatic carbocycles. The maximum absolute atomic E-state index is 12.0.